The molecule has 2 aliphatic rings. The number of amides is 1. The van der Waals surface area contributed by atoms with Crippen molar-refractivity contribution in [1.82, 2.24) is 29.2 Å². The number of pyridine rings is 1. The SMILES string of the molecule is CCc1cnc2c(c1)C(N1CCc3c(cc(Cn4ccnc4)cc3-c3cn(C)nc3C(F)(F)F)C1=O)COC2. The predicted molar refractivity (Wildman–Crippen MR) is 136 cm³/mol. The number of alkyl halides is 3. The average Bonchev–Trinajstić information content (AvgIpc) is 3.58. The molecule has 1 atom stereocenters. The number of hydrogen-bond donors (Lipinski definition) is 0. The van der Waals surface area contributed by atoms with E-state index in [1.54, 1.807) is 35.8 Å². The molecule has 0 radical (unpaired) electrons. The maximum Gasteiger partial charge on any atom is 0.435 e. The molecule has 8 nitrogen and oxygen atoms in total. The molecule has 0 N–H and O–H groups in total. The van der Waals surface area contributed by atoms with Gasteiger partial charge in [0.15, 0.2) is 5.69 Å². The smallest absolute Gasteiger partial charge is 0.373 e. The number of imidazole rings is 1. The summed E-state index contributed by atoms with van der Waals surface area (Å²) >= 11 is 0. The molecular weight excluding hydrogens is 509 g/mol. The molecule has 3 aromatic heterocycles. The summed E-state index contributed by atoms with van der Waals surface area (Å²) < 4.78 is 50.7. The Labute approximate surface area is 223 Å². The van der Waals surface area contributed by atoms with Crippen molar-refractivity contribution in [3.63, 3.8) is 0 Å². The van der Waals surface area contributed by atoms with Gasteiger partial charge in [0.05, 0.1) is 31.3 Å². The molecule has 4 aromatic rings. The number of aromatic nitrogens is 5. The van der Waals surface area contributed by atoms with Gasteiger partial charge in [0.25, 0.3) is 5.91 Å². The van der Waals surface area contributed by atoms with Crippen LogP contribution in [0.3, 0.4) is 0 Å². The quantitative estimate of drug-likeness (QED) is 0.373. The van der Waals surface area contributed by atoms with E-state index in [-0.39, 0.29) is 17.5 Å². The van der Waals surface area contributed by atoms with E-state index < -0.39 is 11.9 Å². The van der Waals surface area contributed by atoms with Crippen LogP contribution in [-0.4, -0.2) is 48.3 Å². The van der Waals surface area contributed by atoms with Gasteiger partial charge in [-0.05, 0) is 47.2 Å². The fourth-order valence-electron chi connectivity index (χ4n) is 5.57. The minimum absolute atomic E-state index is 0.0295. The lowest BCUT2D eigenvalue weighted by molar-refractivity contribution is -0.140. The lowest BCUT2D eigenvalue weighted by Gasteiger charge is -2.39. The van der Waals surface area contributed by atoms with Crippen LogP contribution in [0.1, 0.15) is 57.0 Å². The highest BCUT2D eigenvalue weighted by Crippen LogP contribution is 2.41. The highest BCUT2D eigenvalue weighted by atomic mass is 19.4. The molecular formula is C28H27F3N6O2. The van der Waals surface area contributed by atoms with Crippen molar-refractivity contribution in [1.29, 1.82) is 0 Å². The van der Waals surface area contributed by atoms with Crippen LogP contribution in [-0.2, 0) is 44.0 Å². The largest absolute Gasteiger partial charge is 0.435 e. The number of rotatable bonds is 5. The van der Waals surface area contributed by atoms with Crippen molar-refractivity contribution in [2.24, 2.45) is 7.05 Å². The Bertz CT molecular complexity index is 1540. The first kappa shape index (κ1) is 25.3. The Morgan fingerprint density at radius 1 is 1.13 bits per heavy atom. The number of carbonyl (C=O) groups excluding carboxylic acids is 1. The lowest BCUT2D eigenvalue weighted by Crippen LogP contribution is -2.43. The monoisotopic (exact) mass is 536 g/mol. The molecule has 1 amide bonds. The molecule has 0 aliphatic carbocycles. The van der Waals surface area contributed by atoms with Gasteiger partial charge in [-0.1, -0.05) is 13.0 Å². The van der Waals surface area contributed by atoms with Crippen LogP contribution in [0.2, 0.25) is 0 Å². The zero-order chi connectivity index (χ0) is 27.3. The third-order valence-corrected chi connectivity index (χ3v) is 7.43. The first-order valence-electron chi connectivity index (χ1n) is 12.8. The van der Waals surface area contributed by atoms with Crippen molar-refractivity contribution in [3.8, 4) is 11.1 Å². The van der Waals surface area contributed by atoms with E-state index in [0.29, 0.717) is 55.0 Å². The van der Waals surface area contributed by atoms with Gasteiger partial charge < -0.3 is 14.2 Å². The van der Waals surface area contributed by atoms with E-state index in [0.717, 1.165) is 23.2 Å². The summed E-state index contributed by atoms with van der Waals surface area (Å²) in [6.07, 6.45) is 4.83. The fourth-order valence-corrected chi connectivity index (χ4v) is 5.57. The van der Waals surface area contributed by atoms with E-state index in [4.69, 9.17) is 4.74 Å². The first-order chi connectivity index (χ1) is 18.7. The summed E-state index contributed by atoms with van der Waals surface area (Å²) in [5.41, 5.74) is 3.94. The molecule has 5 heterocycles. The van der Waals surface area contributed by atoms with Crippen LogP contribution in [0.5, 0.6) is 0 Å². The summed E-state index contributed by atoms with van der Waals surface area (Å²) in [7, 11) is 1.46. The second-order valence-corrected chi connectivity index (χ2v) is 9.98. The Morgan fingerprint density at radius 3 is 2.69 bits per heavy atom. The van der Waals surface area contributed by atoms with Crippen molar-refractivity contribution < 1.29 is 22.7 Å². The van der Waals surface area contributed by atoms with Crippen LogP contribution in [0.4, 0.5) is 13.2 Å². The molecule has 11 heteroatoms. The summed E-state index contributed by atoms with van der Waals surface area (Å²) in [5, 5.41) is 3.72. The number of fused-ring (bicyclic) bond motifs is 2. The minimum Gasteiger partial charge on any atom is -0.373 e. The molecule has 2 aliphatic heterocycles. The molecule has 0 saturated carbocycles. The maximum absolute atomic E-state index is 14.1. The zero-order valence-corrected chi connectivity index (χ0v) is 21.6. The third kappa shape index (κ3) is 4.60. The van der Waals surface area contributed by atoms with Crippen molar-refractivity contribution in [3.05, 3.63) is 88.5 Å². The highest BCUT2D eigenvalue weighted by molar-refractivity contribution is 5.99. The van der Waals surface area contributed by atoms with Gasteiger partial charge in [-0.3, -0.25) is 14.5 Å². The maximum atomic E-state index is 14.1. The summed E-state index contributed by atoms with van der Waals surface area (Å²) in [6, 6.07) is 5.30. The first-order valence-corrected chi connectivity index (χ1v) is 12.8. The molecule has 0 spiro atoms. The lowest BCUT2D eigenvalue weighted by atomic mass is 9.87. The van der Waals surface area contributed by atoms with Gasteiger partial charge in [-0.15, -0.1) is 0 Å². The van der Waals surface area contributed by atoms with Gasteiger partial charge in [0, 0.05) is 61.6 Å². The summed E-state index contributed by atoms with van der Waals surface area (Å²) in [6.45, 7) is 3.48. The molecule has 0 fully saturated rings. The molecule has 1 aromatic carbocycles. The number of hydrogen-bond acceptors (Lipinski definition) is 5. The molecule has 1 unspecified atom stereocenters. The van der Waals surface area contributed by atoms with Crippen molar-refractivity contribution in [2.75, 3.05) is 13.2 Å². The standard InChI is InChI=1S/C28H27F3N6O2/c1-3-17-8-22-24(33-11-17)14-39-15-25(22)37-6-4-19-20(23-13-35(2)34-26(23)28(29,30)31)9-18(10-21(19)27(37)38)12-36-7-5-32-16-36/h5,7-11,13,16,25H,3-4,6,12,14-15H2,1-2H3. The number of aryl methyl sites for hydroxylation is 2. The van der Waals surface area contributed by atoms with Crippen LogP contribution in [0, 0.1) is 0 Å². The van der Waals surface area contributed by atoms with Crippen molar-refractivity contribution in [2.45, 2.75) is 45.1 Å². The highest BCUT2D eigenvalue weighted by Gasteiger charge is 2.40. The predicted octanol–water partition coefficient (Wildman–Crippen LogP) is 4.58. The Balaban J connectivity index is 1.47. The second kappa shape index (κ2) is 9.64. The van der Waals surface area contributed by atoms with Gasteiger partial charge >= 0.3 is 6.18 Å². The number of benzene rings is 1. The van der Waals surface area contributed by atoms with Crippen molar-refractivity contribution >= 4 is 5.91 Å². The van der Waals surface area contributed by atoms with E-state index in [2.05, 4.69) is 28.1 Å². The van der Waals surface area contributed by atoms with E-state index in [1.807, 2.05) is 10.8 Å². The van der Waals surface area contributed by atoms with Crippen LogP contribution in [0.15, 0.2) is 49.3 Å². The fraction of sp³-hybridized carbons (Fsp3) is 0.357. The van der Waals surface area contributed by atoms with Crippen LogP contribution >= 0.6 is 0 Å². The average molecular weight is 537 g/mol. The topological polar surface area (TPSA) is 78.1 Å². The van der Waals surface area contributed by atoms with Gasteiger partial charge in [0.1, 0.15) is 0 Å². The second-order valence-electron chi connectivity index (χ2n) is 9.98. The molecule has 0 saturated heterocycles. The van der Waals surface area contributed by atoms with E-state index in [9.17, 15) is 18.0 Å². The Morgan fingerprint density at radius 2 is 1.95 bits per heavy atom. The molecule has 202 valence electrons. The normalized spacial score (nSPS) is 17.3. The molecule has 6 rings (SSSR count). The number of ether oxygens (including phenoxy) is 1. The third-order valence-electron chi connectivity index (χ3n) is 7.43. The zero-order valence-electron chi connectivity index (χ0n) is 21.6. The Kier molecular flexibility index (Phi) is 6.25. The number of nitrogens with zero attached hydrogens (tertiary/aromatic N) is 6. The molecule has 0 bridgehead atoms. The van der Waals surface area contributed by atoms with Gasteiger partial charge in [-0.2, -0.15) is 18.3 Å². The Hall–Kier alpha value is -3.99. The summed E-state index contributed by atoms with van der Waals surface area (Å²) in [5.74, 6) is -0.231. The van der Waals surface area contributed by atoms with E-state index >= 15 is 0 Å². The van der Waals surface area contributed by atoms with Crippen LogP contribution < -0.4 is 0 Å². The number of carbonyl (C=O) groups is 1. The minimum atomic E-state index is -4.64. The van der Waals surface area contributed by atoms with Gasteiger partial charge in [-0.25, -0.2) is 4.98 Å². The van der Waals surface area contributed by atoms with Gasteiger partial charge in [0.2, 0.25) is 0 Å². The van der Waals surface area contributed by atoms with E-state index in [1.165, 1.54) is 17.9 Å². The molecule has 39 heavy (non-hydrogen) atoms. The number of halogens is 3. The van der Waals surface area contributed by atoms with Crippen LogP contribution in [0.25, 0.3) is 11.1 Å². The summed E-state index contributed by atoms with van der Waals surface area (Å²) in [4.78, 5) is 24.5.